The quantitative estimate of drug-likeness (QED) is 0.817. The molecule has 0 aliphatic rings. The molecule has 0 saturated carbocycles. The van der Waals surface area contributed by atoms with Crippen LogP contribution in [0.15, 0.2) is 16.9 Å². The summed E-state index contributed by atoms with van der Waals surface area (Å²) < 4.78 is 2.62. The first-order valence-electron chi connectivity index (χ1n) is 3.92. The predicted molar refractivity (Wildman–Crippen MR) is 53.3 cm³/mol. The van der Waals surface area contributed by atoms with Crippen LogP contribution >= 0.6 is 15.9 Å². The molecule has 68 valence electrons. The highest BCUT2D eigenvalue weighted by atomic mass is 79.9. The molecule has 2 aromatic heterocycles. The third kappa shape index (κ3) is 1.34. The molecule has 2 N–H and O–H groups in total. The van der Waals surface area contributed by atoms with Gasteiger partial charge in [0.25, 0.3) is 0 Å². The predicted octanol–water partition coefficient (Wildman–Crippen LogP) is 1.26. The first kappa shape index (κ1) is 8.65. The minimum atomic E-state index is 0.420. The monoisotopic (exact) mass is 240 g/mol. The van der Waals surface area contributed by atoms with E-state index in [4.69, 9.17) is 5.73 Å². The van der Waals surface area contributed by atoms with Crippen molar-refractivity contribution < 1.29 is 0 Å². The molecule has 0 aromatic carbocycles. The molecule has 2 heterocycles. The van der Waals surface area contributed by atoms with Crippen LogP contribution in [0.5, 0.6) is 0 Å². The SMILES string of the molecule is Cc1cnc2c(Br)c(CN)nn2c1. The van der Waals surface area contributed by atoms with E-state index in [-0.39, 0.29) is 0 Å². The average Bonchev–Trinajstić information content (AvgIpc) is 2.42. The molecule has 2 aromatic rings. The summed E-state index contributed by atoms with van der Waals surface area (Å²) in [5.74, 6) is 0. The summed E-state index contributed by atoms with van der Waals surface area (Å²) in [7, 11) is 0. The Morgan fingerprint density at radius 3 is 3.08 bits per heavy atom. The Morgan fingerprint density at radius 2 is 2.38 bits per heavy atom. The number of nitrogens with zero attached hydrogens (tertiary/aromatic N) is 3. The number of hydrogen-bond acceptors (Lipinski definition) is 3. The molecule has 0 spiro atoms. The zero-order valence-electron chi connectivity index (χ0n) is 7.16. The summed E-state index contributed by atoms with van der Waals surface area (Å²) in [6, 6.07) is 0. The van der Waals surface area contributed by atoms with Crippen molar-refractivity contribution in [1.82, 2.24) is 14.6 Å². The van der Waals surface area contributed by atoms with Crippen LogP contribution in [0.4, 0.5) is 0 Å². The summed E-state index contributed by atoms with van der Waals surface area (Å²) in [6.07, 6.45) is 3.73. The van der Waals surface area contributed by atoms with Crippen LogP contribution in [0, 0.1) is 6.92 Å². The Kier molecular flexibility index (Phi) is 2.05. The average molecular weight is 241 g/mol. The van der Waals surface area contributed by atoms with Gasteiger partial charge in [-0.1, -0.05) is 0 Å². The maximum atomic E-state index is 5.52. The molecule has 4 nitrogen and oxygen atoms in total. The normalized spacial score (nSPS) is 11.0. The molecule has 13 heavy (non-hydrogen) atoms. The molecule has 0 amide bonds. The molecule has 0 radical (unpaired) electrons. The fourth-order valence-corrected chi connectivity index (χ4v) is 1.70. The molecule has 0 fully saturated rings. The number of fused-ring (bicyclic) bond motifs is 1. The fraction of sp³-hybridized carbons (Fsp3) is 0.250. The first-order chi connectivity index (χ1) is 6.22. The summed E-state index contributed by atoms with van der Waals surface area (Å²) in [4.78, 5) is 4.25. The lowest BCUT2D eigenvalue weighted by atomic mass is 10.4. The van der Waals surface area contributed by atoms with Gasteiger partial charge in [-0.3, -0.25) is 0 Å². The van der Waals surface area contributed by atoms with E-state index in [9.17, 15) is 0 Å². The molecular weight excluding hydrogens is 232 g/mol. The lowest BCUT2D eigenvalue weighted by molar-refractivity contribution is 0.868. The molecule has 0 aliphatic heterocycles. The van der Waals surface area contributed by atoms with Gasteiger partial charge in [-0.05, 0) is 28.4 Å². The second-order valence-electron chi connectivity index (χ2n) is 2.86. The van der Waals surface area contributed by atoms with Crippen molar-refractivity contribution in [3.05, 3.63) is 28.1 Å². The third-order valence-electron chi connectivity index (χ3n) is 1.80. The standard InChI is InChI=1S/C8H9BrN4/c1-5-3-11-8-7(9)6(2-10)12-13(8)4-5/h3-4H,2,10H2,1H3. The largest absolute Gasteiger partial charge is 0.325 e. The molecule has 0 bridgehead atoms. The molecule has 0 unspecified atom stereocenters. The summed E-state index contributed by atoms with van der Waals surface area (Å²) >= 11 is 3.41. The Hall–Kier alpha value is -0.940. The maximum absolute atomic E-state index is 5.52. The van der Waals surface area contributed by atoms with Crippen LogP contribution in [-0.4, -0.2) is 14.6 Å². The Balaban J connectivity index is 2.76. The number of aryl methyl sites for hydroxylation is 1. The van der Waals surface area contributed by atoms with Gasteiger partial charge in [0.15, 0.2) is 5.65 Å². The second-order valence-corrected chi connectivity index (χ2v) is 3.66. The molecule has 2 rings (SSSR count). The van der Waals surface area contributed by atoms with Gasteiger partial charge >= 0.3 is 0 Å². The van der Waals surface area contributed by atoms with E-state index in [2.05, 4.69) is 26.0 Å². The third-order valence-corrected chi connectivity index (χ3v) is 2.62. The first-order valence-corrected chi connectivity index (χ1v) is 4.71. The zero-order valence-corrected chi connectivity index (χ0v) is 8.74. The van der Waals surface area contributed by atoms with E-state index in [1.54, 1.807) is 4.52 Å². The van der Waals surface area contributed by atoms with Crippen LogP contribution in [0.3, 0.4) is 0 Å². The van der Waals surface area contributed by atoms with E-state index in [0.29, 0.717) is 6.54 Å². The van der Waals surface area contributed by atoms with E-state index >= 15 is 0 Å². The Labute approximate surface area is 83.9 Å². The van der Waals surface area contributed by atoms with Gasteiger partial charge in [0.2, 0.25) is 0 Å². The van der Waals surface area contributed by atoms with Gasteiger partial charge in [-0.25, -0.2) is 9.50 Å². The molecule has 0 atom stereocenters. The van der Waals surface area contributed by atoms with Crippen molar-refractivity contribution >= 4 is 21.6 Å². The number of rotatable bonds is 1. The molecule has 0 saturated heterocycles. The summed E-state index contributed by atoms with van der Waals surface area (Å²) in [6.45, 7) is 2.40. The van der Waals surface area contributed by atoms with E-state index < -0.39 is 0 Å². The van der Waals surface area contributed by atoms with Crippen molar-refractivity contribution in [1.29, 1.82) is 0 Å². The van der Waals surface area contributed by atoms with Crippen LogP contribution in [-0.2, 0) is 6.54 Å². The lowest BCUT2D eigenvalue weighted by Gasteiger charge is -1.92. The number of nitrogens with two attached hydrogens (primary N) is 1. The van der Waals surface area contributed by atoms with E-state index in [1.165, 1.54) is 0 Å². The molecule has 5 heteroatoms. The van der Waals surface area contributed by atoms with Crippen molar-refractivity contribution in [3.8, 4) is 0 Å². The number of hydrogen-bond donors (Lipinski definition) is 1. The lowest BCUT2D eigenvalue weighted by Crippen LogP contribution is -1.98. The number of halogens is 1. The Morgan fingerprint density at radius 1 is 1.62 bits per heavy atom. The van der Waals surface area contributed by atoms with E-state index in [1.807, 2.05) is 19.3 Å². The van der Waals surface area contributed by atoms with Crippen molar-refractivity contribution in [3.63, 3.8) is 0 Å². The minimum absolute atomic E-state index is 0.420. The van der Waals surface area contributed by atoms with Gasteiger partial charge in [-0.15, -0.1) is 0 Å². The highest BCUT2D eigenvalue weighted by molar-refractivity contribution is 9.10. The Bertz CT molecular complexity index is 449. The topological polar surface area (TPSA) is 56.2 Å². The summed E-state index contributed by atoms with van der Waals surface area (Å²) in [5, 5.41) is 4.27. The van der Waals surface area contributed by atoms with Crippen LogP contribution < -0.4 is 5.73 Å². The second kappa shape index (κ2) is 3.08. The molecule has 0 aliphatic carbocycles. The highest BCUT2D eigenvalue weighted by Crippen LogP contribution is 2.20. The van der Waals surface area contributed by atoms with E-state index in [0.717, 1.165) is 21.4 Å². The molecular formula is C8H9BrN4. The summed E-state index contributed by atoms with van der Waals surface area (Å²) in [5.41, 5.74) is 8.24. The highest BCUT2D eigenvalue weighted by Gasteiger charge is 2.08. The van der Waals surface area contributed by atoms with Gasteiger partial charge in [-0.2, -0.15) is 5.10 Å². The van der Waals surface area contributed by atoms with Crippen molar-refractivity contribution in [2.24, 2.45) is 5.73 Å². The number of aromatic nitrogens is 3. The van der Waals surface area contributed by atoms with Gasteiger partial charge in [0.1, 0.15) is 0 Å². The van der Waals surface area contributed by atoms with Crippen LogP contribution in [0.2, 0.25) is 0 Å². The van der Waals surface area contributed by atoms with Crippen molar-refractivity contribution in [2.45, 2.75) is 13.5 Å². The van der Waals surface area contributed by atoms with Gasteiger partial charge in [0, 0.05) is 18.9 Å². The van der Waals surface area contributed by atoms with Crippen molar-refractivity contribution in [2.75, 3.05) is 0 Å². The van der Waals surface area contributed by atoms with Crippen LogP contribution in [0.25, 0.3) is 5.65 Å². The fourth-order valence-electron chi connectivity index (χ4n) is 1.18. The minimum Gasteiger partial charge on any atom is -0.325 e. The zero-order chi connectivity index (χ0) is 9.42. The smallest absolute Gasteiger partial charge is 0.169 e. The van der Waals surface area contributed by atoms with Crippen LogP contribution in [0.1, 0.15) is 11.3 Å². The van der Waals surface area contributed by atoms with Gasteiger partial charge < -0.3 is 5.73 Å². The maximum Gasteiger partial charge on any atom is 0.169 e. The van der Waals surface area contributed by atoms with Gasteiger partial charge in [0.05, 0.1) is 10.2 Å².